The van der Waals surface area contributed by atoms with E-state index in [-0.39, 0.29) is 0 Å². The van der Waals surface area contributed by atoms with Gasteiger partial charge in [0.15, 0.2) is 0 Å². The molecule has 1 aliphatic carbocycles. The predicted octanol–water partition coefficient (Wildman–Crippen LogP) is 5.64. The van der Waals surface area contributed by atoms with Crippen LogP contribution in [-0.2, 0) is 6.54 Å². The van der Waals surface area contributed by atoms with Crippen LogP contribution in [0.5, 0.6) is 5.75 Å². The first-order valence-corrected chi connectivity index (χ1v) is 10.1. The summed E-state index contributed by atoms with van der Waals surface area (Å²) in [6, 6.07) is 13.5. The molecule has 2 aromatic rings. The van der Waals surface area contributed by atoms with Crippen LogP contribution in [0.2, 0.25) is 0 Å². The van der Waals surface area contributed by atoms with E-state index in [0.29, 0.717) is 6.10 Å². The predicted molar refractivity (Wildman–Crippen MR) is 105 cm³/mol. The summed E-state index contributed by atoms with van der Waals surface area (Å²) in [5.74, 6) is 2.74. The summed E-state index contributed by atoms with van der Waals surface area (Å²) in [5.41, 5.74) is 1.42. The Hall–Kier alpha value is -1.54. The zero-order chi connectivity index (χ0) is 17.2. The van der Waals surface area contributed by atoms with E-state index in [1.807, 2.05) is 0 Å². The summed E-state index contributed by atoms with van der Waals surface area (Å²) >= 11 is 0. The highest BCUT2D eigenvalue weighted by atomic mass is 16.5. The lowest BCUT2D eigenvalue weighted by Crippen LogP contribution is -2.36. The van der Waals surface area contributed by atoms with Crippen molar-refractivity contribution < 1.29 is 4.74 Å². The van der Waals surface area contributed by atoms with E-state index in [1.54, 1.807) is 0 Å². The van der Waals surface area contributed by atoms with E-state index in [1.165, 1.54) is 61.5 Å². The number of rotatable bonds is 5. The molecule has 4 rings (SSSR count). The fourth-order valence-corrected chi connectivity index (χ4v) is 4.31. The molecule has 25 heavy (non-hydrogen) atoms. The second kappa shape index (κ2) is 7.37. The standard InChI is InChI=1S/C23H31NO/c1-17(2)19-6-9-22(10-7-19)25-23-11-8-20-14-18(4-5-21(20)15-23)16-24-12-3-13-24/h4-5,8,11,14-15,17,19,22H,3,6-7,9-10,12-13,16H2,1-2H3. The van der Waals surface area contributed by atoms with Crippen molar-refractivity contribution in [2.24, 2.45) is 11.8 Å². The Kier molecular flexibility index (Phi) is 4.98. The van der Waals surface area contributed by atoms with Gasteiger partial charge in [0.1, 0.15) is 5.75 Å². The molecule has 0 spiro atoms. The molecule has 0 amide bonds. The largest absolute Gasteiger partial charge is 0.490 e. The van der Waals surface area contributed by atoms with Crippen LogP contribution < -0.4 is 4.74 Å². The number of hydrogen-bond acceptors (Lipinski definition) is 2. The highest BCUT2D eigenvalue weighted by Gasteiger charge is 2.24. The maximum Gasteiger partial charge on any atom is 0.120 e. The van der Waals surface area contributed by atoms with Gasteiger partial charge in [-0.15, -0.1) is 0 Å². The number of nitrogens with zero attached hydrogens (tertiary/aromatic N) is 1. The number of hydrogen-bond donors (Lipinski definition) is 0. The van der Waals surface area contributed by atoms with Crippen LogP contribution >= 0.6 is 0 Å². The minimum absolute atomic E-state index is 0.401. The van der Waals surface area contributed by atoms with Crippen LogP contribution in [0.1, 0.15) is 51.5 Å². The molecule has 0 bridgehead atoms. The van der Waals surface area contributed by atoms with Gasteiger partial charge in [0.05, 0.1) is 6.10 Å². The topological polar surface area (TPSA) is 12.5 Å². The molecular formula is C23H31NO. The van der Waals surface area contributed by atoms with Gasteiger partial charge in [0.25, 0.3) is 0 Å². The minimum Gasteiger partial charge on any atom is -0.490 e. The number of likely N-dealkylation sites (tertiary alicyclic amines) is 1. The van der Waals surface area contributed by atoms with Crippen molar-refractivity contribution in [3.8, 4) is 5.75 Å². The number of fused-ring (bicyclic) bond motifs is 1. The fourth-order valence-electron chi connectivity index (χ4n) is 4.31. The number of benzene rings is 2. The van der Waals surface area contributed by atoms with Gasteiger partial charge in [-0.2, -0.15) is 0 Å². The normalized spacial score (nSPS) is 24.4. The van der Waals surface area contributed by atoms with Gasteiger partial charge in [0, 0.05) is 6.54 Å². The molecular weight excluding hydrogens is 306 g/mol. The SMILES string of the molecule is CC(C)C1CCC(Oc2ccc3cc(CN4CCC4)ccc3c2)CC1. The van der Waals surface area contributed by atoms with Crippen LogP contribution in [-0.4, -0.2) is 24.1 Å². The maximum absolute atomic E-state index is 6.30. The van der Waals surface area contributed by atoms with E-state index in [4.69, 9.17) is 4.74 Å². The van der Waals surface area contributed by atoms with Gasteiger partial charge in [0.2, 0.25) is 0 Å². The maximum atomic E-state index is 6.30. The lowest BCUT2D eigenvalue weighted by Gasteiger charge is -2.31. The van der Waals surface area contributed by atoms with Crippen LogP contribution in [0.15, 0.2) is 36.4 Å². The Morgan fingerprint density at radius 3 is 2.36 bits per heavy atom. The zero-order valence-electron chi connectivity index (χ0n) is 15.7. The summed E-state index contributed by atoms with van der Waals surface area (Å²) in [4.78, 5) is 2.51. The van der Waals surface area contributed by atoms with Gasteiger partial charge >= 0.3 is 0 Å². The smallest absolute Gasteiger partial charge is 0.120 e. The molecule has 0 unspecified atom stereocenters. The highest BCUT2D eigenvalue weighted by molar-refractivity contribution is 5.84. The van der Waals surface area contributed by atoms with E-state index < -0.39 is 0 Å². The van der Waals surface area contributed by atoms with Crippen molar-refractivity contribution in [2.45, 2.75) is 58.6 Å². The molecule has 1 heterocycles. The molecule has 1 saturated heterocycles. The van der Waals surface area contributed by atoms with Gasteiger partial charge in [-0.25, -0.2) is 0 Å². The first kappa shape index (κ1) is 16.9. The van der Waals surface area contributed by atoms with E-state index >= 15 is 0 Å². The monoisotopic (exact) mass is 337 g/mol. The van der Waals surface area contributed by atoms with Crippen molar-refractivity contribution in [1.82, 2.24) is 4.90 Å². The van der Waals surface area contributed by atoms with Crippen molar-refractivity contribution >= 4 is 10.8 Å². The van der Waals surface area contributed by atoms with Crippen LogP contribution in [0.3, 0.4) is 0 Å². The molecule has 0 aromatic heterocycles. The summed E-state index contributed by atoms with van der Waals surface area (Å²) in [6.45, 7) is 8.30. The highest BCUT2D eigenvalue weighted by Crippen LogP contribution is 2.32. The Morgan fingerprint density at radius 1 is 0.960 bits per heavy atom. The molecule has 0 N–H and O–H groups in total. The molecule has 134 valence electrons. The average Bonchev–Trinajstić information content (AvgIpc) is 2.58. The van der Waals surface area contributed by atoms with Crippen LogP contribution in [0.25, 0.3) is 10.8 Å². The molecule has 2 heteroatoms. The lowest BCUT2D eigenvalue weighted by atomic mass is 9.80. The van der Waals surface area contributed by atoms with Gasteiger partial charge in [-0.3, -0.25) is 4.90 Å². The average molecular weight is 338 g/mol. The summed E-state index contributed by atoms with van der Waals surface area (Å²) in [7, 11) is 0. The van der Waals surface area contributed by atoms with E-state index in [0.717, 1.165) is 24.1 Å². The zero-order valence-corrected chi connectivity index (χ0v) is 15.7. The molecule has 0 atom stereocenters. The Balaban J connectivity index is 1.40. The molecule has 2 nitrogen and oxygen atoms in total. The second-order valence-electron chi connectivity index (χ2n) is 8.37. The third-order valence-corrected chi connectivity index (χ3v) is 6.20. The molecule has 2 aromatic carbocycles. The summed E-state index contributed by atoms with van der Waals surface area (Å²) < 4.78 is 6.30. The lowest BCUT2D eigenvalue weighted by molar-refractivity contribution is 0.117. The minimum atomic E-state index is 0.401. The quantitative estimate of drug-likeness (QED) is 0.700. The van der Waals surface area contributed by atoms with Crippen molar-refractivity contribution in [2.75, 3.05) is 13.1 Å². The van der Waals surface area contributed by atoms with E-state index in [2.05, 4.69) is 55.1 Å². The first-order valence-electron chi connectivity index (χ1n) is 10.1. The Morgan fingerprint density at radius 2 is 1.68 bits per heavy atom. The van der Waals surface area contributed by atoms with Crippen molar-refractivity contribution in [3.05, 3.63) is 42.0 Å². The summed E-state index contributed by atoms with van der Waals surface area (Å²) in [6.07, 6.45) is 6.79. The summed E-state index contributed by atoms with van der Waals surface area (Å²) in [5, 5.41) is 2.62. The van der Waals surface area contributed by atoms with E-state index in [9.17, 15) is 0 Å². The van der Waals surface area contributed by atoms with Gasteiger partial charge < -0.3 is 4.74 Å². The van der Waals surface area contributed by atoms with Crippen molar-refractivity contribution in [3.63, 3.8) is 0 Å². The molecule has 2 fully saturated rings. The fraction of sp³-hybridized carbons (Fsp3) is 0.565. The molecule has 0 radical (unpaired) electrons. The third-order valence-electron chi connectivity index (χ3n) is 6.20. The molecule has 1 aliphatic heterocycles. The van der Waals surface area contributed by atoms with Crippen LogP contribution in [0.4, 0.5) is 0 Å². The Bertz CT molecular complexity index is 711. The second-order valence-corrected chi connectivity index (χ2v) is 8.37. The van der Waals surface area contributed by atoms with Crippen LogP contribution in [0, 0.1) is 11.8 Å². The Labute approximate surface area is 152 Å². The number of ether oxygens (including phenoxy) is 1. The van der Waals surface area contributed by atoms with Gasteiger partial charge in [-0.1, -0.05) is 32.0 Å². The molecule has 1 saturated carbocycles. The van der Waals surface area contributed by atoms with Crippen molar-refractivity contribution in [1.29, 1.82) is 0 Å². The first-order chi connectivity index (χ1) is 12.2. The molecule has 2 aliphatic rings. The van der Waals surface area contributed by atoms with Gasteiger partial charge in [-0.05, 0) is 91.6 Å². The third kappa shape index (κ3) is 4.00.